The van der Waals surface area contributed by atoms with E-state index in [-0.39, 0.29) is 11.7 Å². The zero-order valence-corrected chi connectivity index (χ0v) is 9.08. The largest absolute Gasteiger partial charge is 0.341 e. The molecular weight excluding hydrogens is 205 g/mol. The maximum Gasteiger partial charge on any atom is 0.227 e. The van der Waals surface area contributed by atoms with E-state index in [1.165, 1.54) is 25.0 Å². The highest BCUT2D eigenvalue weighted by atomic mass is 19.1. The molecule has 0 N–H and O–H groups in total. The van der Waals surface area contributed by atoms with E-state index in [0.717, 1.165) is 18.7 Å². The van der Waals surface area contributed by atoms with E-state index in [1.54, 1.807) is 12.1 Å². The van der Waals surface area contributed by atoms with Gasteiger partial charge in [-0.2, -0.15) is 0 Å². The smallest absolute Gasteiger partial charge is 0.227 e. The van der Waals surface area contributed by atoms with Crippen LogP contribution in [0.2, 0.25) is 0 Å². The number of nitrogens with zero attached hydrogens (tertiary/aromatic N) is 1. The molecule has 2 nitrogen and oxygen atoms in total. The molecule has 1 aromatic carbocycles. The number of halogens is 1. The van der Waals surface area contributed by atoms with Crippen molar-refractivity contribution in [3.05, 3.63) is 35.6 Å². The van der Waals surface area contributed by atoms with Crippen LogP contribution in [0, 0.1) is 11.2 Å². The average Bonchev–Trinajstić information content (AvgIpc) is 2.94. The third-order valence-corrected chi connectivity index (χ3v) is 3.61. The number of hydrogen-bond donors (Lipinski definition) is 0. The second-order valence-corrected chi connectivity index (χ2v) is 5.06. The Kier molecular flexibility index (Phi) is 2.03. The lowest BCUT2D eigenvalue weighted by atomic mass is 9.96. The molecular formula is C13H14FNO. The maximum atomic E-state index is 12.9. The van der Waals surface area contributed by atoms with Crippen LogP contribution in [0.3, 0.4) is 0 Å². The predicted octanol–water partition coefficient (Wildman–Crippen LogP) is 1.99. The van der Waals surface area contributed by atoms with Gasteiger partial charge in [0.15, 0.2) is 0 Å². The van der Waals surface area contributed by atoms with Crippen molar-refractivity contribution in [1.29, 1.82) is 0 Å². The Labute approximate surface area is 94.1 Å². The summed E-state index contributed by atoms with van der Waals surface area (Å²) >= 11 is 0. The third kappa shape index (κ3) is 1.70. The van der Waals surface area contributed by atoms with Crippen LogP contribution in [0.15, 0.2) is 24.3 Å². The summed E-state index contributed by atoms with van der Waals surface area (Å²) in [6, 6.07) is 6.28. The topological polar surface area (TPSA) is 20.3 Å². The van der Waals surface area contributed by atoms with Gasteiger partial charge in [0.2, 0.25) is 5.91 Å². The van der Waals surface area contributed by atoms with Crippen LogP contribution < -0.4 is 0 Å². The zero-order chi connectivity index (χ0) is 11.2. The van der Waals surface area contributed by atoms with Gasteiger partial charge in [-0.25, -0.2) is 4.39 Å². The molecule has 1 aliphatic heterocycles. The second kappa shape index (κ2) is 3.30. The highest BCUT2D eigenvalue weighted by Gasteiger charge is 2.53. The van der Waals surface area contributed by atoms with Gasteiger partial charge in [0.05, 0.1) is 6.42 Å². The van der Waals surface area contributed by atoms with Crippen molar-refractivity contribution < 1.29 is 9.18 Å². The number of likely N-dealkylation sites (tertiary alicyclic amines) is 1. The Morgan fingerprint density at radius 3 is 2.75 bits per heavy atom. The number of carbonyl (C=O) groups is 1. The van der Waals surface area contributed by atoms with E-state index in [2.05, 4.69) is 0 Å². The highest BCUT2D eigenvalue weighted by Crippen LogP contribution is 2.52. The summed E-state index contributed by atoms with van der Waals surface area (Å²) in [4.78, 5) is 13.7. The fourth-order valence-electron chi connectivity index (χ4n) is 2.37. The van der Waals surface area contributed by atoms with E-state index in [9.17, 15) is 9.18 Å². The molecule has 3 rings (SSSR count). The van der Waals surface area contributed by atoms with Gasteiger partial charge in [-0.1, -0.05) is 12.1 Å². The number of hydrogen-bond acceptors (Lipinski definition) is 1. The van der Waals surface area contributed by atoms with Gasteiger partial charge in [0.1, 0.15) is 5.82 Å². The fourth-order valence-corrected chi connectivity index (χ4v) is 2.37. The first-order valence-electron chi connectivity index (χ1n) is 5.69. The minimum atomic E-state index is -0.271. The summed E-state index contributed by atoms with van der Waals surface area (Å²) in [7, 11) is 0. The molecule has 1 spiro atoms. The molecule has 1 amide bonds. The molecule has 1 saturated carbocycles. The molecule has 3 heteroatoms. The first-order chi connectivity index (χ1) is 7.67. The molecule has 0 unspecified atom stereocenters. The molecule has 0 bridgehead atoms. The van der Waals surface area contributed by atoms with Gasteiger partial charge < -0.3 is 4.90 Å². The summed E-state index contributed by atoms with van der Waals surface area (Å²) in [6.45, 7) is 1.84. The lowest BCUT2D eigenvalue weighted by Crippen LogP contribution is -2.52. The van der Waals surface area contributed by atoms with E-state index in [4.69, 9.17) is 0 Å². The molecule has 1 heterocycles. The number of rotatable bonds is 2. The van der Waals surface area contributed by atoms with Crippen LogP contribution in [0.5, 0.6) is 0 Å². The minimum absolute atomic E-state index is 0.128. The van der Waals surface area contributed by atoms with Gasteiger partial charge in [-0.15, -0.1) is 0 Å². The minimum Gasteiger partial charge on any atom is -0.341 e. The summed E-state index contributed by atoms with van der Waals surface area (Å²) in [5.74, 6) is -0.143. The molecule has 1 aliphatic carbocycles. The SMILES string of the molecule is O=C(Cc1cccc(F)c1)N1CC2(CC2)C1. The fraction of sp³-hybridized carbons (Fsp3) is 0.462. The normalized spacial score (nSPS) is 20.7. The Balaban J connectivity index is 1.60. The van der Waals surface area contributed by atoms with Crippen molar-refractivity contribution in [2.75, 3.05) is 13.1 Å². The van der Waals surface area contributed by atoms with E-state index in [1.807, 2.05) is 4.90 Å². The van der Waals surface area contributed by atoms with E-state index >= 15 is 0 Å². The number of benzene rings is 1. The van der Waals surface area contributed by atoms with Crippen molar-refractivity contribution in [2.45, 2.75) is 19.3 Å². The second-order valence-electron chi connectivity index (χ2n) is 5.06. The maximum absolute atomic E-state index is 12.9. The Morgan fingerprint density at radius 2 is 2.12 bits per heavy atom. The van der Waals surface area contributed by atoms with Gasteiger partial charge in [0.25, 0.3) is 0 Å². The highest BCUT2D eigenvalue weighted by molar-refractivity contribution is 5.79. The van der Waals surface area contributed by atoms with Gasteiger partial charge in [-0.3, -0.25) is 4.79 Å². The molecule has 2 aliphatic rings. The van der Waals surface area contributed by atoms with E-state index < -0.39 is 0 Å². The zero-order valence-electron chi connectivity index (χ0n) is 9.08. The first kappa shape index (κ1) is 9.82. The van der Waals surface area contributed by atoms with Crippen molar-refractivity contribution in [3.8, 4) is 0 Å². The molecule has 0 aromatic heterocycles. The molecule has 1 aromatic rings. The Morgan fingerprint density at radius 1 is 1.38 bits per heavy atom. The van der Waals surface area contributed by atoms with Crippen LogP contribution in [0.4, 0.5) is 4.39 Å². The number of carbonyl (C=O) groups excluding carboxylic acids is 1. The van der Waals surface area contributed by atoms with E-state index in [0.29, 0.717) is 11.8 Å². The van der Waals surface area contributed by atoms with Crippen LogP contribution in [-0.4, -0.2) is 23.9 Å². The van der Waals surface area contributed by atoms with Gasteiger partial charge >= 0.3 is 0 Å². The van der Waals surface area contributed by atoms with Crippen molar-refractivity contribution in [2.24, 2.45) is 5.41 Å². The lowest BCUT2D eigenvalue weighted by molar-refractivity contribution is -0.137. The molecule has 1 saturated heterocycles. The summed E-state index contributed by atoms with van der Waals surface area (Å²) in [6.07, 6.45) is 2.88. The van der Waals surface area contributed by atoms with Crippen LogP contribution in [0.1, 0.15) is 18.4 Å². The predicted molar refractivity (Wildman–Crippen MR) is 58.4 cm³/mol. The summed E-state index contributed by atoms with van der Waals surface area (Å²) in [5, 5.41) is 0. The average molecular weight is 219 g/mol. The van der Waals surface area contributed by atoms with Crippen LogP contribution in [0.25, 0.3) is 0 Å². The van der Waals surface area contributed by atoms with Gasteiger partial charge in [-0.05, 0) is 30.5 Å². The van der Waals surface area contributed by atoms with Crippen molar-refractivity contribution in [1.82, 2.24) is 4.90 Å². The summed E-state index contributed by atoms with van der Waals surface area (Å²) in [5.41, 5.74) is 1.26. The van der Waals surface area contributed by atoms with Crippen molar-refractivity contribution in [3.63, 3.8) is 0 Å². The van der Waals surface area contributed by atoms with Gasteiger partial charge in [0, 0.05) is 18.5 Å². The molecule has 0 atom stereocenters. The quantitative estimate of drug-likeness (QED) is 0.745. The lowest BCUT2D eigenvalue weighted by Gasteiger charge is -2.40. The summed E-state index contributed by atoms with van der Waals surface area (Å²) < 4.78 is 12.9. The first-order valence-corrected chi connectivity index (χ1v) is 5.69. The molecule has 84 valence electrons. The monoisotopic (exact) mass is 219 g/mol. The van der Waals surface area contributed by atoms with Crippen molar-refractivity contribution >= 4 is 5.91 Å². The van der Waals surface area contributed by atoms with Crippen LogP contribution in [-0.2, 0) is 11.2 Å². The van der Waals surface area contributed by atoms with Crippen LogP contribution >= 0.6 is 0 Å². The Hall–Kier alpha value is -1.38. The Bertz CT molecular complexity index is 431. The third-order valence-electron chi connectivity index (χ3n) is 3.61. The molecule has 2 fully saturated rings. The molecule has 0 radical (unpaired) electrons. The standard InChI is InChI=1S/C13H14FNO/c14-11-3-1-2-10(6-11)7-12(16)15-8-13(9-15)4-5-13/h1-3,6H,4-5,7-9H2. The molecule has 16 heavy (non-hydrogen) atoms. The number of amides is 1.